The number of esters is 2. The van der Waals surface area contributed by atoms with E-state index in [0.717, 1.165) is 55.9 Å². The molecule has 0 bridgehead atoms. The van der Waals surface area contributed by atoms with Crippen molar-refractivity contribution in [1.29, 1.82) is 0 Å². The standard InChI is InChI=1S/C54H44N2O3/c57-51(39-41-31-35-49(36-32-41)55-53(43-19-7-1-8-20-43,44-21-9-2-10-22-44)45-23-11-3-12-24-45)59-52(58)40-42-33-37-50(38-34-42)56-54(46-25-13-4-14-26-46,47-27-15-5-16-28-47)48-29-17-6-18-30-48/h1-38,55-56H,39-40H2. The van der Waals surface area contributed by atoms with Crippen LogP contribution in [0.3, 0.4) is 0 Å². The monoisotopic (exact) mass is 768 g/mol. The minimum atomic E-state index is -0.681. The SMILES string of the molecule is O=C(Cc1ccc(NC(c2ccccc2)(c2ccccc2)c2ccccc2)cc1)OC(=O)Cc1ccc(NC(c2ccccc2)(c2ccccc2)c2ccccc2)cc1. The van der Waals surface area contributed by atoms with Gasteiger partial charge in [-0.1, -0.05) is 206 Å². The zero-order valence-corrected chi connectivity index (χ0v) is 32.6. The van der Waals surface area contributed by atoms with Crippen molar-refractivity contribution in [3.63, 3.8) is 0 Å². The third kappa shape index (κ3) is 8.46. The summed E-state index contributed by atoms with van der Waals surface area (Å²) in [6, 6.07) is 77.8. The molecule has 0 saturated heterocycles. The van der Waals surface area contributed by atoms with Crippen molar-refractivity contribution in [2.24, 2.45) is 0 Å². The molecule has 0 aliphatic rings. The summed E-state index contributed by atoms with van der Waals surface area (Å²) in [7, 11) is 0. The fourth-order valence-electron chi connectivity index (χ4n) is 7.94. The highest BCUT2D eigenvalue weighted by molar-refractivity contribution is 5.87. The second-order valence-corrected chi connectivity index (χ2v) is 14.5. The Morgan fingerprint density at radius 3 is 0.763 bits per heavy atom. The Kier molecular flexibility index (Phi) is 11.5. The van der Waals surface area contributed by atoms with E-state index < -0.39 is 23.0 Å². The van der Waals surface area contributed by atoms with Crippen LogP contribution >= 0.6 is 0 Å². The molecule has 0 heterocycles. The predicted molar refractivity (Wildman–Crippen MR) is 237 cm³/mol. The Balaban J connectivity index is 0.946. The van der Waals surface area contributed by atoms with Crippen LogP contribution < -0.4 is 10.6 Å². The number of hydrogen-bond donors (Lipinski definition) is 2. The molecule has 8 aromatic rings. The molecule has 0 radical (unpaired) electrons. The number of benzene rings is 8. The molecule has 59 heavy (non-hydrogen) atoms. The van der Waals surface area contributed by atoms with Crippen molar-refractivity contribution < 1.29 is 14.3 Å². The molecule has 8 rings (SSSR count). The number of hydrogen-bond acceptors (Lipinski definition) is 5. The molecule has 0 saturated carbocycles. The summed E-state index contributed by atoms with van der Waals surface area (Å²) in [5.41, 5.74) is 8.43. The fourth-order valence-corrected chi connectivity index (χ4v) is 7.94. The van der Waals surface area contributed by atoms with Crippen LogP contribution in [-0.4, -0.2) is 11.9 Å². The van der Waals surface area contributed by atoms with Crippen LogP contribution in [-0.2, 0) is 38.2 Å². The van der Waals surface area contributed by atoms with Crippen LogP contribution in [0.2, 0.25) is 0 Å². The largest absolute Gasteiger partial charge is 0.393 e. The van der Waals surface area contributed by atoms with E-state index in [1.54, 1.807) is 0 Å². The Bertz CT molecular complexity index is 2190. The maximum absolute atomic E-state index is 13.0. The minimum Gasteiger partial charge on any atom is -0.393 e. The van der Waals surface area contributed by atoms with Crippen LogP contribution in [0.1, 0.15) is 44.5 Å². The van der Waals surface area contributed by atoms with Crippen molar-refractivity contribution >= 4 is 23.3 Å². The van der Waals surface area contributed by atoms with Crippen molar-refractivity contribution in [3.8, 4) is 0 Å². The summed E-state index contributed by atoms with van der Waals surface area (Å²) in [6.45, 7) is 0. The number of carbonyl (C=O) groups excluding carboxylic acids is 2. The van der Waals surface area contributed by atoms with Crippen molar-refractivity contribution in [2.45, 2.75) is 23.9 Å². The molecule has 0 aliphatic carbocycles. The second-order valence-electron chi connectivity index (χ2n) is 14.5. The summed E-state index contributed by atoms with van der Waals surface area (Å²) in [5.74, 6) is -1.20. The highest BCUT2D eigenvalue weighted by atomic mass is 16.6. The van der Waals surface area contributed by atoms with Gasteiger partial charge in [-0.05, 0) is 68.8 Å². The predicted octanol–water partition coefficient (Wildman–Crippen LogP) is 11.3. The molecule has 2 N–H and O–H groups in total. The van der Waals surface area contributed by atoms with E-state index >= 15 is 0 Å². The molecule has 0 aromatic heterocycles. The minimum absolute atomic E-state index is 0.0311. The van der Waals surface area contributed by atoms with Crippen molar-refractivity contribution in [2.75, 3.05) is 10.6 Å². The topological polar surface area (TPSA) is 67.4 Å². The number of anilines is 2. The van der Waals surface area contributed by atoms with Gasteiger partial charge < -0.3 is 15.4 Å². The molecule has 0 amide bonds. The Morgan fingerprint density at radius 1 is 0.322 bits per heavy atom. The third-order valence-electron chi connectivity index (χ3n) is 10.7. The summed E-state index contributed by atoms with van der Waals surface area (Å²) < 4.78 is 5.32. The van der Waals surface area contributed by atoms with Gasteiger partial charge in [0.05, 0.1) is 12.8 Å². The molecular weight excluding hydrogens is 725 g/mol. The highest BCUT2D eigenvalue weighted by Gasteiger charge is 2.37. The van der Waals surface area contributed by atoms with Gasteiger partial charge in [0.15, 0.2) is 0 Å². The summed E-state index contributed by atoms with van der Waals surface area (Å²) in [5, 5.41) is 7.70. The molecule has 0 spiro atoms. The van der Waals surface area contributed by atoms with E-state index in [1.807, 2.05) is 84.9 Å². The fraction of sp³-hybridized carbons (Fsp3) is 0.0741. The number of rotatable bonds is 14. The van der Waals surface area contributed by atoms with E-state index in [9.17, 15) is 9.59 Å². The van der Waals surface area contributed by atoms with Gasteiger partial charge in [0.2, 0.25) is 0 Å². The molecule has 0 atom stereocenters. The van der Waals surface area contributed by atoms with Gasteiger partial charge >= 0.3 is 11.9 Å². The Morgan fingerprint density at radius 2 is 0.542 bits per heavy atom. The van der Waals surface area contributed by atoms with Gasteiger partial charge in [-0.3, -0.25) is 9.59 Å². The van der Waals surface area contributed by atoms with Gasteiger partial charge in [0.25, 0.3) is 0 Å². The lowest BCUT2D eigenvalue weighted by molar-refractivity contribution is -0.158. The molecule has 0 fully saturated rings. The van der Waals surface area contributed by atoms with E-state index in [4.69, 9.17) is 4.74 Å². The smallest absolute Gasteiger partial charge is 0.317 e. The van der Waals surface area contributed by atoms with Crippen LogP contribution in [0, 0.1) is 0 Å². The first kappa shape index (κ1) is 38.4. The Labute approximate surface area is 346 Å². The van der Waals surface area contributed by atoms with Crippen LogP contribution in [0.4, 0.5) is 11.4 Å². The average Bonchev–Trinajstić information content (AvgIpc) is 3.30. The van der Waals surface area contributed by atoms with E-state index in [2.05, 4.69) is 156 Å². The number of nitrogens with one attached hydrogen (secondary N) is 2. The van der Waals surface area contributed by atoms with Gasteiger partial charge in [0, 0.05) is 11.4 Å². The molecule has 5 heteroatoms. The first-order chi connectivity index (χ1) is 29.0. The first-order valence-electron chi connectivity index (χ1n) is 19.8. The van der Waals surface area contributed by atoms with Gasteiger partial charge in [-0.15, -0.1) is 0 Å². The molecule has 0 aliphatic heterocycles. The molecule has 5 nitrogen and oxygen atoms in total. The Hall–Kier alpha value is -7.50. The van der Waals surface area contributed by atoms with Gasteiger partial charge in [-0.2, -0.15) is 0 Å². The summed E-state index contributed by atoms with van der Waals surface area (Å²) in [6.07, 6.45) is -0.0623. The van der Waals surface area contributed by atoms with Gasteiger partial charge in [0.1, 0.15) is 11.1 Å². The van der Waals surface area contributed by atoms with Crippen molar-refractivity contribution in [1.82, 2.24) is 0 Å². The highest BCUT2D eigenvalue weighted by Crippen LogP contribution is 2.41. The number of carbonyl (C=O) groups is 2. The third-order valence-corrected chi connectivity index (χ3v) is 10.7. The van der Waals surface area contributed by atoms with Crippen LogP contribution in [0.15, 0.2) is 231 Å². The van der Waals surface area contributed by atoms with Crippen LogP contribution in [0.25, 0.3) is 0 Å². The van der Waals surface area contributed by atoms with Crippen LogP contribution in [0.5, 0.6) is 0 Å². The lowest BCUT2D eigenvalue weighted by Gasteiger charge is -2.38. The zero-order valence-electron chi connectivity index (χ0n) is 32.6. The lowest BCUT2D eigenvalue weighted by Crippen LogP contribution is -2.38. The quantitative estimate of drug-likeness (QED) is 0.0655. The lowest BCUT2D eigenvalue weighted by atomic mass is 9.77. The molecule has 288 valence electrons. The molecule has 0 unspecified atom stereocenters. The molecule has 8 aromatic carbocycles. The maximum Gasteiger partial charge on any atom is 0.317 e. The normalized spacial score (nSPS) is 11.3. The average molecular weight is 769 g/mol. The first-order valence-corrected chi connectivity index (χ1v) is 19.8. The number of ether oxygens (including phenoxy) is 1. The molecular formula is C54H44N2O3. The zero-order chi connectivity index (χ0) is 40.3. The van der Waals surface area contributed by atoms with E-state index in [-0.39, 0.29) is 12.8 Å². The van der Waals surface area contributed by atoms with E-state index in [0.29, 0.717) is 0 Å². The van der Waals surface area contributed by atoms with Crippen molar-refractivity contribution in [3.05, 3.63) is 275 Å². The summed E-state index contributed by atoms with van der Waals surface area (Å²) >= 11 is 0. The second kappa shape index (κ2) is 17.7. The van der Waals surface area contributed by atoms with E-state index in [1.165, 1.54) is 0 Å². The van der Waals surface area contributed by atoms with Gasteiger partial charge in [-0.25, -0.2) is 0 Å². The summed E-state index contributed by atoms with van der Waals surface area (Å²) in [4.78, 5) is 26.1. The maximum atomic E-state index is 13.0.